The average Bonchev–Trinajstić information content (AvgIpc) is 2.91. The highest BCUT2D eigenvalue weighted by atomic mass is 32.1. The number of benzene rings is 1. The van der Waals surface area contributed by atoms with Crippen molar-refractivity contribution in [2.75, 3.05) is 13.7 Å². The van der Waals surface area contributed by atoms with Crippen LogP contribution in [0.1, 0.15) is 40.9 Å². The van der Waals surface area contributed by atoms with E-state index in [4.69, 9.17) is 9.84 Å². The number of thiophene rings is 1. The number of nitrogens with one attached hydrogen (secondary N) is 1. The monoisotopic (exact) mass is 353 g/mol. The smallest absolute Gasteiger partial charge is 0.303 e. The molecule has 1 heterocycles. The fourth-order valence-electron chi connectivity index (χ4n) is 2.49. The summed E-state index contributed by atoms with van der Waals surface area (Å²) in [6.07, 6.45) is 2.17. The first-order valence-corrected chi connectivity index (χ1v) is 8.55. The Balaban J connectivity index is 2.02. The van der Waals surface area contributed by atoms with E-state index in [1.165, 1.54) is 24.5 Å². The SMILES string of the molecule is COCc1c(C(=O)NCCCCCC(=O)O)sc2cccc(F)c12. The number of fused-ring (bicyclic) bond motifs is 1. The van der Waals surface area contributed by atoms with Crippen molar-refractivity contribution in [3.63, 3.8) is 0 Å². The van der Waals surface area contributed by atoms with Crippen molar-refractivity contribution in [3.8, 4) is 0 Å². The van der Waals surface area contributed by atoms with Crippen LogP contribution >= 0.6 is 11.3 Å². The number of methoxy groups -OCH3 is 1. The second-order valence-electron chi connectivity index (χ2n) is 5.42. The van der Waals surface area contributed by atoms with Gasteiger partial charge in [0.1, 0.15) is 5.82 Å². The Kier molecular flexibility index (Phi) is 6.69. The number of carboxylic acid groups (broad SMARTS) is 1. The van der Waals surface area contributed by atoms with Crippen LogP contribution in [0.4, 0.5) is 4.39 Å². The lowest BCUT2D eigenvalue weighted by atomic mass is 10.1. The second kappa shape index (κ2) is 8.75. The second-order valence-corrected chi connectivity index (χ2v) is 6.47. The average molecular weight is 353 g/mol. The molecule has 1 aromatic heterocycles. The number of unbranched alkanes of at least 4 members (excludes halogenated alkanes) is 2. The molecule has 0 radical (unpaired) electrons. The molecule has 2 N–H and O–H groups in total. The molecule has 7 heteroatoms. The van der Waals surface area contributed by atoms with Crippen LogP contribution in [-0.2, 0) is 16.1 Å². The molecule has 0 aliphatic rings. The molecule has 130 valence electrons. The first-order valence-electron chi connectivity index (χ1n) is 7.73. The predicted molar refractivity (Wildman–Crippen MR) is 90.9 cm³/mol. The van der Waals surface area contributed by atoms with Gasteiger partial charge in [-0.15, -0.1) is 11.3 Å². The molecule has 1 aromatic carbocycles. The summed E-state index contributed by atoms with van der Waals surface area (Å²) in [5.41, 5.74) is 0.568. The van der Waals surface area contributed by atoms with Gasteiger partial charge in [0.15, 0.2) is 0 Å². The highest BCUT2D eigenvalue weighted by Gasteiger charge is 2.20. The first-order chi connectivity index (χ1) is 11.5. The van der Waals surface area contributed by atoms with E-state index < -0.39 is 5.97 Å². The van der Waals surface area contributed by atoms with Gasteiger partial charge in [0.25, 0.3) is 5.91 Å². The van der Waals surface area contributed by atoms with Gasteiger partial charge in [-0.05, 0) is 25.0 Å². The van der Waals surface area contributed by atoms with E-state index in [9.17, 15) is 14.0 Å². The Hall–Kier alpha value is -1.99. The van der Waals surface area contributed by atoms with Crippen molar-refractivity contribution in [3.05, 3.63) is 34.5 Å². The van der Waals surface area contributed by atoms with E-state index in [-0.39, 0.29) is 24.8 Å². The third-order valence-electron chi connectivity index (χ3n) is 3.61. The van der Waals surface area contributed by atoms with Crippen molar-refractivity contribution < 1.29 is 23.8 Å². The summed E-state index contributed by atoms with van der Waals surface area (Å²) in [6, 6.07) is 4.78. The number of ether oxygens (including phenoxy) is 1. The number of carboxylic acids is 1. The molecule has 0 bridgehead atoms. The van der Waals surface area contributed by atoms with Crippen LogP contribution in [-0.4, -0.2) is 30.6 Å². The maximum Gasteiger partial charge on any atom is 0.303 e. The minimum Gasteiger partial charge on any atom is -0.481 e. The van der Waals surface area contributed by atoms with Crippen LogP contribution in [0.3, 0.4) is 0 Å². The van der Waals surface area contributed by atoms with Crippen molar-refractivity contribution >= 4 is 33.3 Å². The minimum absolute atomic E-state index is 0.140. The predicted octanol–water partition coefficient (Wildman–Crippen LogP) is 3.56. The van der Waals surface area contributed by atoms with E-state index >= 15 is 0 Å². The molecular weight excluding hydrogens is 333 g/mol. The zero-order valence-electron chi connectivity index (χ0n) is 13.4. The summed E-state index contributed by atoms with van der Waals surface area (Å²) in [7, 11) is 1.51. The fourth-order valence-corrected chi connectivity index (χ4v) is 3.63. The van der Waals surface area contributed by atoms with Crippen molar-refractivity contribution in [2.24, 2.45) is 0 Å². The maximum atomic E-state index is 14.1. The van der Waals surface area contributed by atoms with Gasteiger partial charge in [-0.1, -0.05) is 12.5 Å². The van der Waals surface area contributed by atoms with Crippen LogP contribution < -0.4 is 5.32 Å². The molecule has 24 heavy (non-hydrogen) atoms. The van der Waals surface area contributed by atoms with Gasteiger partial charge in [-0.3, -0.25) is 9.59 Å². The Morgan fingerprint density at radius 3 is 2.79 bits per heavy atom. The molecule has 0 aliphatic carbocycles. The van der Waals surface area contributed by atoms with E-state index in [0.717, 1.165) is 6.42 Å². The van der Waals surface area contributed by atoms with Crippen molar-refractivity contribution in [1.82, 2.24) is 5.32 Å². The number of carbonyl (C=O) groups excluding carboxylic acids is 1. The van der Waals surface area contributed by atoms with Crippen LogP contribution in [0, 0.1) is 5.82 Å². The van der Waals surface area contributed by atoms with Crippen LogP contribution in [0.2, 0.25) is 0 Å². The van der Waals surface area contributed by atoms with Gasteiger partial charge in [-0.2, -0.15) is 0 Å². The lowest BCUT2D eigenvalue weighted by Gasteiger charge is -2.06. The molecule has 0 saturated heterocycles. The Morgan fingerprint density at radius 2 is 2.08 bits per heavy atom. The number of halogens is 1. The molecule has 0 unspecified atom stereocenters. The van der Waals surface area contributed by atoms with Gasteiger partial charge in [0.05, 0.1) is 11.5 Å². The topological polar surface area (TPSA) is 75.6 Å². The molecule has 2 rings (SSSR count). The normalized spacial score (nSPS) is 10.9. The zero-order valence-corrected chi connectivity index (χ0v) is 14.2. The molecule has 1 amide bonds. The summed E-state index contributed by atoms with van der Waals surface area (Å²) in [5.74, 6) is -1.42. The lowest BCUT2D eigenvalue weighted by molar-refractivity contribution is -0.137. The lowest BCUT2D eigenvalue weighted by Crippen LogP contribution is -2.24. The molecule has 0 aliphatic heterocycles. The van der Waals surface area contributed by atoms with E-state index in [0.29, 0.717) is 39.9 Å². The van der Waals surface area contributed by atoms with E-state index in [1.807, 2.05) is 0 Å². The number of hydrogen-bond donors (Lipinski definition) is 2. The Bertz CT molecular complexity index is 729. The van der Waals surface area contributed by atoms with Crippen LogP contribution in [0.25, 0.3) is 10.1 Å². The molecule has 5 nitrogen and oxygen atoms in total. The first kappa shape index (κ1) is 18.4. The van der Waals surface area contributed by atoms with Gasteiger partial charge in [0.2, 0.25) is 0 Å². The number of hydrogen-bond acceptors (Lipinski definition) is 4. The van der Waals surface area contributed by atoms with E-state index in [2.05, 4.69) is 5.32 Å². The highest BCUT2D eigenvalue weighted by molar-refractivity contribution is 7.21. The molecule has 0 fully saturated rings. The summed E-state index contributed by atoms with van der Waals surface area (Å²) in [6.45, 7) is 0.629. The molecule has 0 spiro atoms. The summed E-state index contributed by atoms with van der Waals surface area (Å²) < 4.78 is 19.9. The van der Waals surface area contributed by atoms with E-state index in [1.54, 1.807) is 12.1 Å². The van der Waals surface area contributed by atoms with Crippen LogP contribution in [0.5, 0.6) is 0 Å². The highest BCUT2D eigenvalue weighted by Crippen LogP contribution is 2.33. The standard InChI is InChI=1S/C17H20FNO4S/c1-23-10-11-15-12(18)6-5-7-13(15)24-16(11)17(22)19-9-4-2-3-8-14(20)21/h5-7H,2-4,8-10H2,1H3,(H,19,22)(H,20,21). The maximum absolute atomic E-state index is 14.1. The quantitative estimate of drug-likeness (QED) is 0.676. The van der Waals surface area contributed by atoms with Crippen molar-refractivity contribution in [1.29, 1.82) is 0 Å². The van der Waals surface area contributed by atoms with Gasteiger partial charge >= 0.3 is 5.97 Å². The number of carbonyl (C=O) groups is 2. The van der Waals surface area contributed by atoms with Crippen LogP contribution in [0.15, 0.2) is 18.2 Å². The number of amides is 1. The number of aliphatic carboxylic acids is 1. The minimum atomic E-state index is -0.810. The Morgan fingerprint density at radius 1 is 1.29 bits per heavy atom. The number of rotatable bonds is 9. The summed E-state index contributed by atoms with van der Waals surface area (Å²) >= 11 is 1.25. The molecule has 0 atom stereocenters. The van der Waals surface area contributed by atoms with Gasteiger partial charge < -0.3 is 15.2 Å². The largest absolute Gasteiger partial charge is 0.481 e. The zero-order chi connectivity index (χ0) is 17.5. The summed E-state index contributed by atoms with van der Waals surface area (Å²) in [5, 5.41) is 11.8. The Labute approximate surface area is 143 Å². The third kappa shape index (κ3) is 4.52. The van der Waals surface area contributed by atoms with Gasteiger partial charge in [-0.25, -0.2) is 4.39 Å². The summed E-state index contributed by atoms with van der Waals surface area (Å²) in [4.78, 5) is 23.3. The molecule has 2 aromatic rings. The van der Waals surface area contributed by atoms with Crippen molar-refractivity contribution in [2.45, 2.75) is 32.3 Å². The molecular formula is C17H20FNO4S. The van der Waals surface area contributed by atoms with Gasteiger partial charge in [0, 0.05) is 35.7 Å². The fraction of sp³-hybridized carbons (Fsp3) is 0.412. The third-order valence-corrected chi connectivity index (χ3v) is 4.81. The molecule has 0 saturated carbocycles.